The van der Waals surface area contributed by atoms with Gasteiger partial charge in [-0.3, -0.25) is 4.79 Å². The van der Waals surface area contributed by atoms with E-state index in [1.54, 1.807) is 13.2 Å². The highest BCUT2D eigenvalue weighted by Crippen LogP contribution is 2.25. The van der Waals surface area contributed by atoms with Gasteiger partial charge in [0.25, 0.3) is 5.91 Å². The molecule has 5 nitrogen and oxygen atoms in total. The normalized spacial score (nSPS) is 21.4. The number of benzene rings is 1. The predicted octanol–water partition coefficient (Wildman–Crippen LogP) is 2.85. The van der Waals surface area contributed by atoms with E-state index in [0.717, 1.165) is 25.8 Å². The Morgan fingerprint density at radius 1 is 1.39 bits per heavy atom. The van der Waals surface area contributed by atoms with Crippen LogP contribution in [0.1, 0.15) is 34.7 Å². The van der Waals surface area contributed by atoms with Crippen molar-refractivity contribution in [3.8, 4) is 0 Å². The van der Waals surface area contributed by atoms with Crippen molar-refractivity contribution in [2.45, 2.75) is 38.3 Å². The zero-order valence-electron chi connectivity index (χ0n) is 13.6. The molecule has 23 heavy (non-hydrogen) atoms. The molecule has 1 aliphatic rings. The Morgan fingerprint density at radius 2 is 2.17 bits per heavy atom. The zero-order valence-corrected chi connectivity index (χ0v) is 13.6. The number of hydrogen-bond donors (Lipinski definition) is 0. The van der Waals surface area contributed by atoms with Gasteiger partial charge in [0, 0.05) is 19.7 Å². The van der Waals surface area contributed by atoms with Crippen LogP contribution >= 0.6 is 0 Å². The van der Waals surface area contributed by atoms with Crippen LogP contribution in [0.25, 0.3) is 0 Å². The Kier molecular flexibility index (Phi) is 4.76. The topological polar surface area (TPSA) is 55.6 Å². The number of aryl methyl sites for hydroxylation is 1. The lowest BCUT2D eigenvalue weighted by atomic mass is 9.92. The van der Waals surface area contributed by atoms with Gasteiger partial charge in [-0.15, -0.1) is 0 Å². The number of methoxy groups -OCH3 is 1. The van der Waals surface area contributed by atoms with Crippen LogP contribution in [-0.4, -0.2) is 41.8 Å². The molecule has 122 valence electrons. The zero-order chi connectivity index (χ0) is 16.2. The second-order valence-electron chi connectivity index (χ2n) is 6.00. The molecule has 2 aromatic rings. The summed E-state index contributed by atoms with van der Waals surface area (Å²) in [5, 5.41) is 3.83. The molecule has 0 unspecified atom stereocenters. The minimum absolute atomic E-state index is 0.00839. The number of amides is 1. The van der Waals surface area contributed by atoms with Crippen molar-refractivity contribution in [1.82, 2.24) is 10.1 Å². The number of ether oxygens (including phenoxy) is 1. The monoisotopic (exact) mass is 314 g/mol. The standard InChI is InChI=1S/C18H22N2O3/c1-13-11-17(23-19-13)18(21)20-10-6-9-16(22-2)15(20)12-14-7-4-3-5-8-14/h3-5,7-8,11,15-16H,6,9-10,12H2,1-2H3/t15-,16-/m0/s1. The molecule has 3 rings (SSSR count). The molecule has 1 saturated heterocycles. The Labute approximate surface area is 136 Å². The van der Waals surface area contributed by atoms with Crippen LogP contribution in [0.15, 0.2) is 40.9 Å². The fourth-order valence-electron chi connectivity index (χ4n) is 3.25. The number of carbonyl (C=O) groups is 1. The molecule has 0 saturated carbocycles. The van der Waals surface area contributed by atoms with E-state index < -0.39 is 0 Å². The molecule has 1 amide bonds. The Hall–Kier alpha value is -2.14. The number of rotatable bonds is 4. The Bertz CT molecular complexity index is 653. The average Bonchev–Trinajstić information content (AvgIpc) is 3.02. The van der Waals surface area contributed by atoms with E-state index in [-0.39, 0.29) is 18.1 Å². The third-order valence-corrected chi connectivity index (χ3v) is 4.41. The molecule has 0 aliphatic carbocycles. The van der Waals surface area contributed by atoms with Crippen LogP contribution in [-0.2, 0) is 11.2 Å². The molecule has 1 fully saturated rings. The summed E-state index contributed by atoms with van der Waals surface area (Å²) in [4.78, 5) is 14.7. The number of piperidine rings is 1. The first kappa shape index (κ1) is 15.7. The van der Waals surface area contributed by atoms with Gasteiger partial charge in [0.2, 0.25) is 5.76 Å². The lowest BCUT2D eigenvalue weighted by Gasteiger charge is -2.40. The maximum absolute atomic E-state index is 12.8. The van der Waals surface area contributed by atoms with Crippen molar-refractivity contribution in [2.24, 2.45) is 0 Å². The van der Waals surface area contributed by atoms with E-state index in [4.69, 9.17) is 9.26 Å². The van der Waals surface area contributed by atoms with E-state index in [9.17, 15) is 4.79 Å². The van der Waals surface area contributed by atoms with Gasteiger partial charge in [0.05, 0.1) is 17.8 Å². The Morgan fingerprint density at radius 3 is 2.83 bits per heavy atom. The fraction of sp³-hybridized carbons (Fsp3) is 0.444. The van der Waals surface area contributed by atoms with Crippen molar-refractivity contribution >= 4 is 5.91 Å². The van der Waals surface area contributed by atoms with E-state index in [0.29, 0.717) is 11.5 Å². The van der Waals surface area contributed by atoms with Crippen LogP contribution in [0.5, 0.6) is 0 Å². The number of nitrogens with zero attached hydrogens (tertiary/aromatic N) is 2. The maximum Gasteiger partial charge on any atom is 0.292 e. The van der Waals surface area contributed by atoms with Crippen LogP contribution < -0.4 is 0 Å². The van der Waals surface area contributed by atoms with Crippen LogP contribution in [0.3, 0.4) is 0 Å². The number of likely N-dealkylation sites (tertiary alicyclic amines) is 1. The number of carbonyl (C=O) groups excluding carboxylic acids is 1. The summed E-state index contributed by atoms with van der Waals surface area (Å²) in [5.41, 5.74) is 1.92. The highest BCUT2D eigenvalue weighted by atomic mass is 16.5. The first-order valence-corrected chi connectivity index (χ1v) is 8.00. The summed E-state index contributed by atoms with van der Waals surface area (Å²) >= 11 is 0. The van der Waals surface area contributed by atoms with Gasteiger partial charge in [0.1, 0.15) is 0 Å². The van der Waals surface area contributed by atoms with Crippen molar-refractivity contribution < 1.29 is 14.1 Å². The molecule has 0 radical (unpaired) electrons. The van der Waals surface area contributed by atoms with Gasteiger partial charge in [-0.05, 0) is 31.7 Å². The summed E-state index contributed by atoms with van der Waals surface area (Å²) in [6.45, 7) is 2.53. The summed E-state index contributed by atoms with van der Waals surface area (Å²) in [6, 6.07) is 11.9. The minimum atomic E-state index is -0.103. The third kappa shape index (κ3) is 3.45. The summed E-state index contributed by atoms with van der Waals surface area (Å²) < 4.78 is 10.8. The van der Waals surface area contributed by atoms with Gasteiger partial charge < -0.3 is 14.2 Å². The average molecular weight is 314 g/mol. The summed E-state index contributed by atoms with van der Waals surface area (Å²) in [6.07, 6.45) is 2.71. The van der Waals surface area contributed by atoms with Gasteiger partial charge >= 0.3 is 0 Å². The number of aromatic nitrogens is 1. The molecule has 1 aromatic carbocycles. The quantitative estimate of drug-likeness (QED) is 0.871. The highest BCUT2D eigenvalue weighted by Gasteiger charge is 2.36. The first-order chi connectivity index (χ1) is 11.2. The molecular formula is C18H22N2O3. The van der Waals surface area contributed by atoms with Gasteiger partial charge in [-0.1, -0.05) is 35.5 Å². The molecule has 1 aliphatic heterocycles. The number of hydrogen-bond acceptors (Lipinski definition) is 4. The van der Waals surface area contributed by atoms with Crippen molar-refractivity contribution in [1.29, 1.82) is 0 Å². The van der Waals surface area contributed by atoms with Gasteiger partial charge in [0.15, 0.2) is 0 Å². The molecule has 2 atom stereocenters. The van der Waals surface area contributed by atoms with Crippen LogP contribution in [0, 0.1) is 6.92 Å². The molecule has 2 heterocycles. The van der Waals surface area contributed by atoms with Crippen LogP contribution in [0.2, 0.25) is 0 Å². The molecule has 0 bridgehead atoms. The lowest BCUT2D eigenvalue weighted by Crippen LogP contribution is -2.52. The molecular weight excluding hydrogens is 292 g/mol. The second-order valence-corrected chi connectivity index (χ2v) is 6.00. The fourth-order valence-corrected chi connectivity index (χ4v) is 3.25. The van der Waals surface area contributed by atoms with Gasteiger partial charge in [-0.25, -0.2) is 0 Å². The first-order valence-electron chi connectivity index (χ1n) is 8.00. The minimum Gasteiger partial charge on any atom is -0.379 e. The lowest BCUT2D eigenvalue weighted by molar-refractivity contribution is -0.0132. The van der Waals surface area contributed by atoms with Crippen LogP contribution in [0.4, 0.5) is 0 Å². The van der Waals surface area contributed by atoms with Crippen molar-refractivity contribution in [3.05, 3.63) is 53.4 Å². The predicted molar refractivity (Wildman–Crippen MR) is 86.2 cm³/mol. The smallest absolute Gasteiger partial charge is 0.292 e. The largest absolute Gasteiger partial charge is 0.379 e. The Balaban J connectivity index is 1.84. The van der Waals surface area contributed by atoms with Gasteiger partial charge in [-0.2, -0.15) is 0 Å². The van der Waals surface area contributed by atoms with E-state index in [1.165, 1.54) is 5.56 Å². The summed E-state index contributed by atoms with van der Waals surface area (Å²) in [5.74, 6) is 0.200. The SMILES string of the molecule is CO[C@H]1CCCN(C(=O)c2cc(C)no2)[C@H]1Cc1ccccc1. The molecule has 0 spiro atoms. The molecule has 0 N–H and O–H groups in total. The van der Waals surface area contributed by atoms with Crippen molar-refractivity contribution in [3.63, 3.8) is 0 Å². The third-order valence-electron chi connectivity index (χ3n) is 4.41. The van der Waals surface area contributed by atoms with E-state index >= 15 is 0 Å². The summed E-state index contributed by atoms with van der Waals surface area (Å²) in [7, 11) is 1.72. The van der Waals surface area contributed by atoms with Crippen molar-refractivity contribution in [2.75, 3.05) is 13.7 Å². The van der Waals surface area contributed by atoms with E-state index in [1.807, 2.05) is 30.0 Å². The van der Waals surface area contributed by atoms with E-state index in [2.05, 4.69) is 17.3 Å². The molecule has 1 aromatic heterocycles. The highest BCUT2D eigenvalue weighted by molar-refractivity contribution is 5.91. The maximum atomic E-state index is 12.8. The second kappa shape index (κ2) is 6.96. The molecule has 5 heteroatoms.